The zero-order valence-electron chi connectivity index (χ0n) is 14.9. The highest BCUT2D eigenvalue weighted by Crippen LogP contribution is 2.33. The fraction of sp³-hybridized carbons (Fsp3) is 0.526. The molecule has 134 valence electrons. The van der Waals surface area contributed by atoms with Gasteiger partial charge in [0, 0.05) is 25.6 Å². The van der Waals surface area contributed by atoms with E-state index in [0.717, 1.165) is 49.6 Å². The number of piperidine rings is 1. The molecule has 0 N–H and O–H groups in total. The predicted molar refractivity (Wildman–Crippen MR) is 98.5 cm³/mol. The Hall–Kier alpha value is -1.50. The maximum atomic E-state index is 11.6. The summed E-state index contributed by atoms with van der Waals surface area (Å²) >= 11 is -0.958. The van der Waals surface area contributed by atoms with Crippen LogP contribution in [-0.4, -0.2) is 45.2 Å². The number of fused-ring (bicyclic) bond motifs is 1. The monoisotopic (exact) mass is 359 g/mol. The highest BCUT2D eigenvalue weighted by molar-refractivity contribution is 7.90. The van der Waals surface area contributed by atoms with E-state index < -0.39 is 11.2 Å². The number of hydrogen-bond donors (Lipinski definition) is 0. The molecule has 2 atom stereocenters. The van der Waals surface area contributed by atoms with E-state index in [0.29, 0.717) is 12.1 Å². The Morgan fingerprint density at radius 2 is 2.12 bits per heavy atom. The molecule has 1 saturated heterocycles. The minimum Gasteiger partial charge on any atom is -0.612 e. The van der Waals surface area contributed by atoms with Gasteiger partial charge in [-0.1, -0.05) is 12.1 Å². The molecule has 4 rings (SSSR count). The molecule has 25 heavy (non-hydrogen) atoms. The minimum absolute atomic E-state index is 0.395. The molecule has 1 aromatic carbocycles. The summed E-state index contributed by atoms with van der Waals surface area (Å²) in [5.41, 5.74) is 2.67. The summed E-state index contributed by atoms with van der Waals surface area (Å²) in [7, 11) is 0. The van der Waals surface area contributed by atoms with Crippen LogP contribution in [0.4, 0.5) is 0 Å². The van der Waals surface area contributed by atoms with Crippen molar-refractivity contribution in [3.63, 3.8) is 0 Å². The van der Waals surface area contributed by atoms with Gasteiger partial charge in [0.2, 0.25) is 0 Å². The molecule has 0 radical (unpaired) electrons. The minimum atomic E-state index is -0.958. The highest BCUT2D eigenvalue weighted by atomic mass is 32.2. The summed E-state index contributed by atoms with van der Waals surface area (Å²) in [5.74, 6) is 1.07. The Kier molecular flexibility index (Phi) is 4.75. The fourth-order valence-electron chi connectivity index (χ4n) is 3.86. The van der Waals surface area contributed by atoms with Crippen LogP contribution in [0.3, 0.4) is 0 Å². The maximum Gasteiger partial charge on any atom is 0.190 e. The van der Waals surface area contributed by atoms with Crippen LogP contribution in [0.25, 0.3) is 0 Å². The van der Waals surface area contributed by atoms with Gasteiger partial charge in [0.05, 0.1) is 18.8 Å². The molecule has 1 aromatic heterocycles. The number of likely N-dealkylation sites (tertiary alicyclic amines) is 1. The molecule has 5 nitrogen and oxygen atoms in total. The highest BCUT2D eigenvalue weighted by Gasteiger charge is 2.26. The molecule has 3 heterocycles. The van der Waals surface area contributed by atoms with Crippen LogP contribution < -0.4 is 4.74 Å². The van der Waals surface area contributed by atoms with E-state index >= 15 is 0 Å². The maximum absolute atomic E-state index is 11.6. The van der Waals surface area contributed by atoms with Gasteiger partial charge in [0.25, 0.3) is 0 Å². The summed E-state index contributed by atoms with van der Waals surface area (Å²) in [5, 5.41) is 4.42. The Morgan fingerprint density at radius 1 is 1.32 bits per heavy atom. The van der Waals surface area contributed by atoms with Gasteiger partial charge in [-0.3, -0.25) is 9.58 Å². The normalized spacial score (nSPS) is 20.9. The molecule has 0 spiro atoms. The lowest BCUT2D eigenvalue weighted by molar-refractivity contribution is 0.139. The number of rotatable bonds is 4. The first-order chi connectivity index (χ1) is 12.1. The van der Waals surface area contributed by atoms with E-state index in [2.05, 4.69) is 35.1 Å². The SMILES string of the molecule is CC(c1ccc2c(c1)OCC2)N1CCC(n2cc([S+](C)[O-])cn2)CC1. The molecule has 0 amide bonds. The zero-order valence-corrected chi connectivity index (χ0v) is 15.7. The van der Waals surface area contributed by atoms with Gasteiger partial charge in [-0.25, -0.2) is 0 Å². The Balaban J connectivity index is 1.39. The van der Waals surface area contributed by atoms with Crippen LogP contribution in [0.2, 0.25) is 0 Å². The predicted octanol–water partition coefficient (Wildman–Crippen LogP) is 2.95. The van der Waals surface area contributed by atoms with Crippen molar-refractivity contribution in [3.05, 3.63) is 41.7 Å². The van der Waals surface area contributed by atoms with E-state index in [4.69, 9.17) is 4.74 Å². The van der Waals surface area contributed by atoms with Crippen molar-refractivity contribution in [1.82, 2.24) is 14.7 Å². The van der Waals surface area contributed by atoms with Gasteiger partial charge in [0.1, 0.15) is 18.2 Å². The van der Waals surface area contributed by atoms with Gasteiger partial charge in [-0.2, -0.15) is 5.10 Å². The molecular formula is C19H25N3O2S. The lowest BCUT2D eigenvalue weighted by Crippen LogP contribution is -2.36. The molecule has 1 fully saturated rings. The largest absolute Gasteiger partial charge is 0.612 e. The molecule has 0 saturated carbocycles. The first-order valence-electron chi connectivity index (χ1n) is 8.99. The van der Waals surface area contributed by atoms with E-state index in [-0.39, 0.29) is 0 Å². The Bertz CT molecular complexity index is 738. The Labute approximate surface area is 152 Å². The van der Waals surface area contributed by atoms with Gasteiger partial charge >= 0.3 is 0 Å². The first kappa shape index (κ1) is 16.9. The van der Waals surface area contributed by atoms with Crippen LogP contribution >= 0.6 is 0 Å². The third-order valence-electron chi connectivity index (χ3n) is 5.53. The summed E-state index contributed by atoms with van der Waals surface area (Å²) < 4.78 is 19.3. The van der Waals surface area contributed by atoms with E-state index in [1.807, 2.05) is 10.9 Å². The van der Waals surface area contributed by atoms with Gasteiger partial charge < -0.3 is 9.29 Å². The standard InChI is InChI=1S/C19H25N3O2S/c1-14(16-4-3-15-7-10-24-19(15)11-16)21-8-5-17(6-9-21)22-13-18(12-20-22)25(2)23/h3-4,11-14,17H,5-10H2,1-2H3. The van der Waals surface area contributed by atoms with Crippen LogP contribution in [0.1, 0.15) is 43.0 Å². The molecule has 2 aromatic rings. The second-order valence-electron chi connectivity index (χ2n) is 7.02. The van der Waals surface area contributed by atoms with Crippen molar-refractivity contribution in [2.24, 2.45) is 0 Å². The second-order valence-corrected chi connectivity index (χ2v) is 8.40. The number of benzene rings is 1. The molecular weight excluding hydrogens is 334 g/mol. The number of ether oxygens (including phenoxy) is 1. The summed E-state index contributed by atoms with van der Waals surface area (Å²) in [6.45, 7) is 5.19. The number of nitrogens with zero attached hydrogens (tertiary/aromatic N) is 3. The van der Waals surface area contributed by atoms with Gasteiger partial charge in [-0.05, 0) is 48.1 Å². The van der Waals surface area contributed by atoms with Crippen molar-refractivity contribution < 1.29 is 9.29 Å². The van der Waals surface area contributed by atoms with Crippen molar-refractivity contribution >= 4 is 11.2 Å². The quantitative estimate of drug-likeness (QED) is 0.788. The number of hydrogen-bond acceptors (Lipinski definition) is 4. The molecule has 0 aliphatic carbocycles. The zero-order chi connectivity index (χ0) is 17.4. The topological polar surface area (TPSA) is 53.3 Å². The number of aromatic nitrogens is 2. The molecule has 0 bridgehead atoms. The molecule has 2 unspecified atom stereocenters. The lowest BCUT2D eigenvalue weighted by Gasteiger charge is -2.36. The van der Waals surface area contributed by atoms with Crippen molar-refractivity contribution in [3.8, 4) is 5.75 Å². The first-order valence-corrected chi connectivity index (χ1v) is 10.5. The van der Waals surface area contributed by atoms with Crippen LogP contribution in [0.5, 0.6) is 5.75 Å². The van der Waals surface area contributed by atoms with Crippen molar-refractivity contribution in [2.75, 3.05) is 26.0 Å². The summed E-state index contributed by atoms with van der Waals surface area (Å²) in [6, 6.07) is 7.49. The second kappa shape index (κ2) is 7.02. The van der Waals surface area contributed by atoms with Gasteiger partial charge in [0.15, 0.2) is 4.90 Å². The molecule has 2 aliphatic heterocycles. The summed E-state index contributed by atoms with van der Waals surface area (Å²) in [6.07, 6.45) is 8.55. The van der Waals surface area contributed by atoms with Crippen LogP contribution in [0.15, 0.2) is 35.5 Å². The average molecular weight is 359 g/mol. The average Bonchev–Trinajstić information content (AvgIpc) is 3.30. The van der Waals surface area contributed by atoms with E-state index in [9.17, 15) is 4.55 Å². The van der Waals surface area contributed by atoms with E-state index in [1.165, 1.54) is 11.1 Å². The third-order valence-corrected chi connectivity index (χ3v) is 6.41. The van der Waals surface area contributed by atoms with E-state index in [1.54, 1.807) is 12.5 Å². The van der Waals surface area contributed by atoms with Crippen molar-refractivity contribution in [1.29, 1.82) is 0 Å². The lowest BCUT2D eigenvalue weighted by atomic mass is 9.99. The van der Waals surface area contributed by atoms with Gasteiger partial charge in [-0.15, -0.1) is 0 Å². The Morgan fingerprint density at radius 3 is 2.84 bits per heavy atom. The summed E-state index contributed by atoms with van der Waals surface area (Å²) in [4.78, 5) is 3.35. The molecule has 2 aliphatic rings. The fourth-order valence-corrected chi connectivity index (χ4v) is 4.31. The van der Waals surface area contributed by atoms with Crippen LogP contribution in [0, 0.1) is 0 Å². The molecule has 6 heteroatoms. The van der Waals surface area contributed by atoms with Crippen LogP contribution in [-0.2, 0) is 17.6 Å². The third kappa shape index (κ3) is 3.43. The smallest absolute Gasteiger partial charge is 0.190 e. The van der Waals surface area contributed by atoms with Crippen molar-refractivity contribution in [2.45, 2.75) is 43.2 Å².